The number of phenolic OH excluding ortho intramolecular Hbond substituents is 1. The van der Waals surface area contributed by atoms with Crippen LogP contribution < -0.4 is 0 Å². The molecular weight excluding hydrogens is 683 g/mol. The highest BCUT2D eigenvalue weighted by molar-refractivity contribution is 5.97. The van der Waals surface area contributed by atoms with Crippen LogP contribution in [0.3, 0.4) is 0 Å². The SMILES string of the molecule is [2H]c1c([2H])c([2H])c(-c2ccnc(-c3cc(-c4cccc5c4nc(-c4cc(C)cc(C)c4O)n5-c4ccc(-c5ccccc5)c(CC(C)C)c4)cc(C(C)(C)C)c3)c2)c([2H])c1[2H]. The van der Waals surface area contributed by atoms with Crippen LogP contribution in [0.1, 0.15) is 63.7 Å². The molecule has 0 radical (unpaired) electrons. The van der Waals surface area contributed by atoms with Gasteiger partial charge in [-0.25, -0.2) is 4.98 Å². The Morgan fingerprint density at radius 3 is 2.21 bits per heavy atom. The van der Waals surface area contributed by atoms with Gasteiger partial charge in [0.1, 0.15) is 11.6 Å². The Labute approximate surface area is 338 Å². The second kappa shape index (κ2) is 14.8. The Bertz CT molecular complexity index is 2970. The van der Waals surface area contributed by atoms with Crippen molar-refractivity contribution in [3.63, 3.8) is 0 Å². The molecule has 1 N–H and O–H groups in total. The Kier molecular flexibility index (Phi) is 8.17. The van der Waals surface area contributed by atoms with Crippen molar-refractivity contribution in [1.82, 2.24) is 14.5 Å². The van der Waals surface area contributed by atoms with Crippen LogP contribution in [-0.4, -0.2) is 19.6 Å². The Morgan fingerprint density at radius 1 is 0.696 bits per heavy atom. The number of benzene rings is 6. The van der Waals surface area contributed by atoms with Crippen molar-refractivity contribution >= 4 is 11.0 Å². The second-order valence-corrected chi connectivity index (χ2v) is 16.2. The Morgan fingerprint density at radius 2 is 1.46 bits per heavy atom. The Balaban J connectivity index is 1.37. The van der Waals surface area contributed by atoms with E-state index in [1.165, 1.54) is 11.1 Å². The van der Waals surface area contributed by atoms with E-state index in [-0.39, 0.29) is 40.9 Å². The number of aryl methyl sites for hydroxylation is 2. The van der Waals surface area contributed by atoms with Gasteiger partial charge in [0, 0.05) is 23.0 Å². The van der Waals surface area contributed by atoms with Gasteiger partial charge in [-0.1, -0.05) is 125 Å². The number of aromatic nitrogens is 3. The zero-order valence-corrected chi connectivity index (χ0v) is 33.0. The highest BCUT2D eigenvalue weighted by Gasteiger charge is 2.24. The average Bonchev–Trinajstić information content (AvgIpc) is 3.63. The predicted molar refractivity (Wildman–Crippen MR) is 234 cm³/mol. The predicted octanol–water partition coefficient (Wildman–Crippen LogP) is 13.6. The Hall–Kier alpha value is -6.26. The van der Waals surface area contributed by atoms with Crippen LogP contribution in [0.15, 0.2) is 146 Å². The van der Waals surface area contributed by atoms with E-state index < -0.39 is 6.04 Å². The molecule has 2 aromatic heterocycles. The molecule has 4 nitrogen and oxygen atoms in total. The zero-order chi connectivity index (χ0) is 43.5. The van der Waals surface area contributed by atoms with Crippen LogP contribution in [0.25, 0.3) is 72.7 Å². The minimum atomic E-state index is -0.428. The summed E-state index contributed by atoms with van der Waals surface area (Å²) in [6.07, 6.45) is 2.50. The number of nitrogens with zero attached hydrogens (tertiary/aromatic N) is 3. The van der Waals surface area contributed by atoms with Gasteiger partial charge in [0.2, 0.25) is 0 Å². The van der Waals surface area contributed by atoms with Gasteiger partial charge in [0.15, 0.2) is 0 Å². The third-order valence-corrected chi connectivity index (χ3v) is 10.4. The van der Waals surface area contributed by atoms with Crippen molar-refractivity contribution in [2.75, 3.05) is 0 Å². The van der Waals surface area contributed by atoms with E-state index in [9.17, 15) is 5.11 Å². The van der Waals surface area contributed by atoms with Crippen LogP contribution in [0, 0.1) is 19.8 Å². The molecule has 6 aromatic carbocycles. The maximum Gasteiger partial charge on any atom is 0.149 e. The average molecular weight is 737 g/mol. The number of hydrogen-bond acceptors (Lipinski definition) is 3. The van der Waals surface area contributed by atoms with Crippen molar-refractivity contribution < 1.29 is 12.0 Å². The fourth-order valence-electron chi connectivity index (χ4n) is 7.63. The molecule has 0 aliphatic heterocycles. The summed E-state index contributed by atoms with van der Waals surface area (Å²) in [7, 11) is 0. The largest absolute Gasteiger partial charge is 0.507 e. The molecule has 0 atom stereocenters. The summed E-state index contributed by atoms with van der Waals surface area (Å²) >= 11 is 0. The molecule has 56 heavy (non-hydrogen) atoms. The van der Waals surface area contributed by atoms with Gasteiger partial charge in [0.25, 0.3) is 0 Å². The van der Waals surface area contributed by atoms with Crippen LogP contribution in [-0.2, 0) is 11.8 Å². The number of imidazole rings is 1. The molecule has 0 fully saturated rings. The maximum absolute atomic E-state index is 11.7. The van der Waals surface area contributed by atoms with Gasteiger partial charge in [-0.15, -0.1) is 0 Å². The summed E-state index contributed by atoms with van der Waals surface area (Å²) in [6.45, 7) is 14.9. The number of para-hydroxylation sites is 1. The summed E-state index contributed by atoms with van der Waals surface area (Å²) in [6, 6.07) is 35.5. The standard InChI is InChI=1S/C52H49N3O/c1-33(2)25-39-31-43(21-22-44(39)37-17-12-9-13-18-37)55-48-20-14-19-45(49(48)54-51(55)46-27-34(3)26-35(4)50(46)56)40-28-41(30-42(29-40)52(5,6)7)47-32-38(23-24-53-47)36-15-10-8-11-16-36/h8-24,26-33,56H,25H2,1-7H3/i8D,10D,11D,15D,16D. The van der Waals surface area contributed by atoms with Crippen molar-refractivity contribution in [2.24, 2.45) is 5.92 Å². The topological polar surface area (TPSA) is 50.9 Å². The fourth-order valence-corrected chi connectivity index (χ4v) is 7.63. The molecule has 0 unspecified atom stereocenters. The molecule has 0 amide bonds. The lowest BCUT2D eigenvalue weighted by Gasteiger charge is -2.22. The summed E-state index contributed by atoms with van der Waals surface area (Å²) in [4.78, 5) is 10.2. The molecule has 0 aliphatic rings. The molecule has 0 saturated carbocycles. The first-order chi connectivity index (χ1) is 29.0. The quantitative estimate of drug-likeness (QED) is 0.169. The minimum Gasteiger partial charge on any atom is -0.507 e. The van der Waals surface area contributed by atoms with Crippen LogP contribution in [0.2, 0.25) is 0 Å². The molecule has 2 heterocycles. The molecule has 0 aliphatic carbocycles. The first kappa shape index (κ1) is 31.0. The number of rotatable bonds is 8. The van der Waals surface area contributed by atoms with Gasteiger partial charge < -0.3 is 5.11 Å². The van der Waals surface area contributed by atoms with Gasteiger partial charge in [-0.3, -0.25) is 9.55 Å². The first-order valence-corrected chi connectivity index (χ1v) is 19.2. The lowest BCUT2D eigenvalue weighted by atomic mass is 9.83. The second-order valence-electron chi connectivity index (χ2n) is 16.2. The highest BCUT2D eigenvalue weighted by Crippen LogP contribution is 2.42. The lowest BCUT2D eigenvalue weighted by Crippen LogP contribution is -2.11. The van der Waals surface area contributed by atoms with Crippen molar-refractivity contribution in [1.29, 1.82) is 0 Å². The first-order valence-electron chi connectivity index (χ1n) is 21.7. The van der Waals surface area contributed by atoms with E-state index in [0.29, 0.717) is 28.6 Å². The lowest BCUT2D eigenvalue weighted by molar-refractivity contribution is 0.472. The van der Waals surface area contributed by atoms with Crippen molar-refractivity contribution in [3.8, 4) is 67.5 Å². The van der Waals surface area contributed by atoms with Gasteiger partial charge >= 0.3 is 0 Å². The minimum absolute atomic E-state index is 0.132. The van der Waals surface area contributed by atoms with Crippen LogP contribution >= 0.6 is 0 Å². The van der Waals surface area contributed by atoms with Crippen molar-refractivity contribution in [2.45, 2.75) is 60.3 Å². The molecule has 0 bridgehead atoms. The summed E-state index contributed by atoms with van der Waals surface area (Å²) in [5, 5.41) is 11.7. The summed E-state index contributed by atoms with van der Waals surface area (Å²) < 4.78 is 44.1. The monoisotopic (exact) mass is 736 g/mol. The smallest absolute Gasteiger partial charge is 0.149 e. The van der Waals surface area contributed by atoms with Crippen LogP contribution in [0.4, 0.5) is 0 Å². The van der Waals surface area contributed by atoms with E-state index in [0.717, 1.165) is 62.1 Å². The number of hydrogen-bond donors (Lipinski definition) is 1. The van der Waals surface area contributed by atoms with Gasteiger partial charge in [-0.05, 0) is 130 Å². The summed E-state index contributed by atoms with van der Waals surface area (Å²) in [5.41, 5.74) is 13.3. The summed E-state index contributed by atoms with van der Waals surface area (Å²) in [5.74, 6) is 1.24. The van der Waals surface area contributed by atoms with Crippen molar-refractivity contribution in [3.05, 3.63) is 168 Å². The zero-order valence-electron chi connectivity index (χ0n) is 38.0. The van der Waals surface area contributed by atoms with E-state index in [4.69, 9.17) is 16.8 Å². The van der Waals surface area contributed by atoms with E-state index >= 15 is 0 Å². The van der Waals surface area contributed by atoms with Gasteiger partial charge in [-0.2, -0.15) is 0 Å². The number of aromatic hydroxyl groups is 1. The highest BCUT2D eigenvalue weighted by atomic mass is 16.3. The van der Waals surface area contributed by atoms with Gasteiger partial charge in [0.05, 0.1) is 29.1 Å². The maximum atomic E-state index is 11.7. The molecule has 8 aromatic rings. The third kappa shape index (κ3) is 7.15. The molecule has 278 valence electrons. The molecule has 4 heteroatoms. The molecule has 0 spiro atoms. The fraction of sp³-hybridized carbons (Fsp3) is 0.192. The number of phenols is 1. The number of fused-ring (bicyclic) bond motifs is 1. The normalized spacial score (nSPS) is 13.0. The molecular formula is C52H49N3O. The molecule has 8 rings (SSSR count). The number of pyridine rings is 1. The van der Waals surface area contributed by atoms with E-state index in [2.05, 4.69) is 118 Å². The molecule has 0 saturated heterocycles. The van der Waals surface area contributed by atoms with E-state index in [1.54, 1.807) is 18.3 Å². The van der Waals surface area contributed by atoms with E-state index in [1.807, 2.05) is 32.0 Å². The third-order valence-electron chi connectivity index (χ3n) is 10.4. The van der Waals surface area contributed by atoms with Crippen LogP contribution in [0.5, 0.6) is 5.75 Å².